The van der Waals surface area contributed by atoms with Gasteiger partial charge in [0.2, 0.25) is 5.91 Å². The molecule has 312 valence electrons. The van der Waals surface area contributed by atoms with E-state index in [1.807, 2.05) is 36.5 Å². The summed E-state index contributed by atoms with van der Waals surface area (Å²) >= 11 is 0. The number of aliphatic hydroxyl groups excluding tert-OH is 2. The van der Waals surface area contributed by atoms with Crippen molar-refractivity contribution in [1.29, 1.82) is 0 Å². The van der Waals surface area contributed by atoms with Crippen molar-refractivity contribution in [2.24, 2.45) is 0 Å². The molecule has 0 bridgehead atoms. The number of esters is 1. The van der Waals surface area contributed by atoms with E-state index in [1.165, 1.54) is 89.9 Å². The SMILES string of the molecule is CC/C=C/C=C/C=C\C=C/CCCC(CC(=O)NC(CO)C(O)CCCCCCCCCCCCC)OC(=O)CCCCC/C=C\CCCCCCCC. The fourth-order valence-electron chi connectivity index (χ4n) is 6.50. The Labute approximate surface area is 333 Å². The third-order valence-electron chi connectivity index (χ3n) is 9.93. The van der Waals surface area contributed by atoms with Gasteiger partial charge in [-0.25, -0.2) is 0 Å². The molecular formula is C48H85NO5. The Morgan fingerprint density at radius 2 is 1.04 bits per heavy atom. The Hall–Kier alpha value is -2.44. The second-order valence-corrected chi connectivity index (χ2v) is 15.2. The fourth-order valence-corrected chi connectivity index (χ4v) is 6.50. The minimum Gasteiger partial charge on any atom is -0.462 e. The molecule has 0 saturated heterocycles. The summed E-state index contributed by atoms with van der Waals surface area (Å²) in [5.74, 6) is -0.566. The molecule has 0 radical (unpaired) electrons. The monoisotopic (exact) mass is 756 g/mol. The van der Waals surface area contributed by atoms with E-state index in [9.17, 15) is 19.8 Å². The van der Waals surface area contributed by atoms with Crippen molar-refractivity contribution in [3.05, 3.63) is 60.8 Å². The third kappa shape index (κ3) is 36.5. The van der Waals surface area contributed by atoms with Crippen molar-refractivity contribution in [3.8, 4) is 0 Å². The number of rotatable bonds is 39. The predicted molar refractivity (Wildman–Crippen MR) is 232 cm³/mol. The Morgan fingerprint density at radius 3 is 1.59 bits per heavy atom. The maximum absolute atomic E-state index is 13.1. The van der Waals surface area contributed by atoms with Gasteiger partial charge < -0.3 is 20.3 Å². The third-order valence-corrected chi connectivity index (χ3v) is 9.93. The number of hydrogen-bond acceptors (Lipinski definition) is 5. The lowest BCUT2D eigenvalue weighted by Gasteiger charge is -2.24. The molecular weight excluding hydrogens is 671 g/mol. The highest BCUT2D eigenvalue weighted by molar-refractivity contribution is 5.77. The first-order chi connectivity index (χ1) is 26.5. The van der Waals surface area contributed by atoms with Crippen LogP contribution in [0, 0.1) is 0 Å². The number of allylic oxidation sites excluding steroid dienone is 10. The maximum atomic E-state index is 13.1. The van der Waals surface area contributed by atoms with E-state index in [1.54, 1.807) is 0 Å². The zero-order chi connectivity index (χ0) is 39.6. The second-order valence-electron chi connectivity index (χ2n) is 15.2. The van der Waals surface area contributed by atoms with Crippen LogP contribution in [0.3, 0.4) is 0 Å². The number of hydrogen-bond donors (Lipinski definition) is 3. The summed E-state index contributed by atoms with van der Waals surface area (Å²) < 4.78 is 5.85. The molecule has 54 heavy (non-hydrogen) atoms. The second kappa shape index (κ2) is 41.7. The molecule has 3 atom stereocenters. The van der Waals surface area contributed by atoms with E-state index in [2.05, 4.69) is 50.4 Å². The van der Waals surface area contributed by atoms with Gasteiger partial charge in [0.25, 0.3) is 0 Å². The standard InChI is InChI=1S/C48H85NO5/c1-4-7-10-13-16-19-22-23-26-29-32-35-38-41-48(53)54-44(39-36-33-30-27-24-20-17-14-11-8-5-2)42-47(52)49-45(43-50)46(51)40-37-34-31-28-25-21-18-15-12-9-6-3/h8,11,14,17,20,23-24,26-27,30,44-46,50-51H,4-7,9-10,12-13,15-16,18-19,21-22,25,28-29,31-43H2,1-3H3,(H,49,52)/b11-8+,17-14+,24-20-,26-23-,30-27-. The first-order valence-corrected chi connectivity index (χ1v) is 22.6. The van der Waals surface area contributed by atoms with Crippen LogP contribution in [0.4, 0.5) is 0 Å². The molecule has 3 N–H and O–H groups in total. The Morgan fingerprint density at radius 1 is 0.556 bits per heavy atom. The highest BCUT2D eigenvalue weighted by atomic mass is 16.5. The van der Waals surface area contributed by atoms with Crippen molar-refractivity contribution in [3.63, 3.8) is 0 Å². The van der Waals surface area contributed by atoms with E-state index in [4.69, 9.17) is 4.74 Å². The van der Waals surface area contributed by atoms with Crippen LogP contribution in [-0.2, 0) is 14.3 Å². The number of nitrogens with one attached hydrogen (secondary N) is 1. The molecule has 6 nitrogen and oxygen atoms in total. The zero-order valence-corrected chi connectivity index (χ0v) is 35.3. The van der Waals surface area contributed by atoms with E-state index in [0.29, 0.717) is 19.3 Å². The normalized spacial score (nSPS) is 13.9. The predicted octanol–water partition coefficient (Wildman–Crippen LogP) is 12.9. The number of carbonyl (C=O) groups is 2. The lowest BCUT2D eigenvalue weighted by Crippen LogP contribution is -2.46. The van der Waals surface area contributed by atoms with Gasteiger partial charge in [-0.05, 0) is 64.2 Å². The molecule has 0 fully saturated rings. The molecule has 6 heteroatoms. The Bertz CT molecular complexity index is 984. The summed E-state index contributed by atoms with van der Waals surface area (Å²) in [4.78, 5) is 25.9. The van der Waals surface area contributed by atoms with Gasteiger partial charge in [-0.3, -0.25) is 9.59 Å². The summed E-state index contributed by atoms with van der Waals surface area (Å²) in [6, 6.07) is -0.724. The lowest BCUT2D eigenvalue weighted by molar-refractivity contribution is -0.151. The summed E-state index contributed by atoms with van der Waals surface area (Å²) in [5, 5.41) is 23.6. The molecule has 0 aromatic heterocycles. The average Bonchev–Trinajstić information content (AvgIpc) is 3.16. The summed E-state index contributed by atoms with van der Waals surface area (Å²) in [6.45, 7) is 6.28. The van der Waals surface area contributed by atoms with Crippen LogP contribution < -0.4 is 5.32 Å². The molecule has 0 spiro atoms. The molecule has 0 aliphatic rings. The van der Waals surface area contributed by atoms with Gasteiger partial charge in [0.15, 0.2) is 0 Å². The average molecular weight is 756 g/mol. The molecule has 0 saturated carbocycles. The van der Waals surface area contributed by atoms with Crippen LogP contribution >= 0.6 is 0 Å². The van der Waals surface area contributed by atoms with E-state index < -0.39 is 18.2 Å². The highest BCUT2D eigenvalue weighted by Crippen LogP contribution is 2.16. The molecule has 0 aliphatic heterocycles. The summed E-state index contributed by atoms with van der Waals surface area (Å²) in [6.07, 6.45) is 50.0. The van der Waals surface area contributed by atoms with Gasteiger partial charge >= 0.3 is 5.97 Å². The van der Waals surface area contributed by atoms with E-state index in [-0.39, 0.29) is 24.9 Å². The largest absolute Gasteiger partial charge is 0.462 e. The topological polar surface area (TPSA) is 95.9 Å². The first-order valence-electron chi connectivity index (χ1n) is 22.6. The molecule has 1 amide bonds. The van der Waals surface area contributed by atoms with Crippen molar-refractivity contribution in [2.75, 3.05) is 6.61 Å². The molecule has 0 aliphatic carbocycles. The highest BCUT2D eigenvalue weighted by Gasteiger charge is 2.24. The van der Waals surface area contributed by atoms with Crippen molar-refractivity contribution in [1.82, 2.24) is 5.32 Å². The van der Waals surface area contributed by atoms with Crippen LogP contribution in [0.1, 0.15) is 207 Å². The summed E-state index contributed by atoms with van der Waals surface area (Å²) in [7, 11) is 0. The molecule has 0 aromatic carbocycles. The van der Waals surface area contributed by atoms with Crippen molar-refractivity contribution < 1.29 is 24.5 Å². The smallest absolute Gasteiger partial charge is 0.306 e. The quantitative estimate of drug-likeness (QED) is 0.0251. The maximum Gasteiger partial charge on any atom is 0.306 e. The lowest BCUT2D eigenvalue weighted by atomic mass is 10.0. The number of unbranched alkanes of at least 4 members (excludes halogenated alkanes) is 20. The van der Waals surface area contributed by atoms with Gasteiger partial charge in [-0.15, -0.1) is 0 Å². The Balaban J connectivity index is 4.70. The van der Waals surface area contributed by atoms with Crippen LogP contribution in [-0.4, -0.2) is 46.9 Å². The van der Waals surface area contributed by atoms with Crippen LogP contribution in [0.5, 0.6) is 0 Å². The minimum atomic E-state index is -0.806. The van der Waals surface area contributed by atoms with Gasteiger partial charge in [0, 0.05) is 6.42 Å². The van der Waals surface area contributed by atoms with Crippen LogP contribution in [0.2, 0.25) is 0 Å². The first kappa shape index (κ1) is 51.6. The van der Waals surface area contributed by atoms with E-state index in [0.717, 1.165) is 70.6 Å². The zero-order valence-electron chi connectivity index (χ0n) is 35.3. The number of aliphatic hydroxyl groups is 2. The van der Waals surface area contributed by atoms with Crippen molar-refractivity contribution >= 4 is 11.9 Å². The van der Waals surface area contributed by atoms with Gasteiger partial charge in [0.1, 0.15) is 6.10 Å². The molecule has 3 unspecified atom stereocenters. The summed E-state index contributed by atoms with van der Waals surface area (Å²) in [5.41, 5.74) is 0. The number of amides is 1. The minimum absolute atomic E-state index is 0.0243. The van der Waals surface area contributed by atoms with Gasteiger partial charge in [0.05, 0.1) is 25.2 Å². The van der Waals surface area contributed by atoms with Crippen LogP contribution in [0.25, 0.3) is 0 Å². The van der Waals surface area contributed by atoms with Gasteiger partial charge in [-0.1, -0.05) is 191 Å². The molecule has 0 rings (SSSR count). The van der Waals surface area contributed by atoms with Crippen LogP contribution in [0.15, 0.2) is 60.8 Å². The number of ether oxygens (including phenoxy) is 1. The Kier molecular flexibility index (Phi) is 39.8. The van der Waals surface area contributed by atoms with Gasteiger partial charge in [-0.2, -0.15) is 0 Å². The van der Waals surface area contributed by atoms with Crippen molar-refractivity contribution in [2.45, 2.75) is 225 Å². The molecule has 0 aromatic rings. The molecule has 0 heterocycles. The fraction of sp³-hybridized carbons (Fsp3) is 0.750. The van der Waals surface area contributed by atoms with E-state index >= 15 is 0 Å². The number of carbonyl (C=O) groups excluding carboxylic acids is 2.